The lowest BCUT2D eigenvalue weighted by Gasteiger charge is -2.26. The molecule has 1 saturated heterocycles. The van der Waals surface area contributed by atoms with Gasteiger partial charge in [-0.15, -0.1) is 0 Å². The van der Waals surface area contributed by atoms with E-state index in [0.29, 0.717) is 12.6 Å². The molecule has 0 amide bonds. The lowest BCUT2D eigenvalue weighted by molar-refractivity contribution is 0.546. The summed E-state index contributed by atoms with van der Waals surface area (Å²) < 4.78 is 0. The Morgan fingerprint density at radius 1 is 1.47 bits per heavy atom. The van der Waals surface area contributed by atoms with Gasteiger partial charge in [0.25, 0.3) is 0 Å². The van der Waals surface area contributed by atoms with Crippen LogP contribution in [0, 0.1) is 5.92 Å². The van der Waals surface area contributed by atoms with E-state index in [4.69, 9.17) is 5.73 Å². The number of piperidine rings is 1. The van der Waals surface area contributed by atoms with Crippen LogP contribution in [0.1, 0.15) is 25.0 Å². The van der Waals surface area contributed by atoms with Gasteiger partial charge in [0.15, 0.2) is 0 Å². The summed E-state index contributed by atoms with van der Waals surface area (Å²) in [5.74, 6) is 1.75. The molecule has 1 aliphatic heterocycles. The number of aromatic nitrogens is 2. The van der Waals surface area contributed by atoms with Gasteiger partial charge in [0.2, 0.25) is 5.95 Å². The summed E-state index contributed by atoms with van der Waals surface area (Å²) in [5.41, 5.74) is 6.52. The molecule has 2 heterocycles. The molecule has 2 fully saturated rings. The first-order chi connectivity index (χ1) is 7.36. The Morgan fingerprint density at radius 3 is 3.07 bits per heavy atom. The molecule has 2 bridgehead atoms. The van der Waals surface area contributed by atoms with Gasteiger partial charge in [-0.2, -0.15) is 0 Å². The van der Waals surface area contributed by atoms with Crippen molar-refractivity contribution in [1.82, 2.24) is 9.97 Å². The van der Waals surface area contributed by atoms with Gasteiger partial charge in [0.1, 0.15) is 0 Å². The standard InChI is InChI=1S/C11H16N4/c12-6-9-3-4-13-11(14-9)15-7-8-1-2-10(15)5-8/h3-4,8,10H,1-2,5-7,12H2. The molecule has 1 saturated carbocycles. The summed E-state index contributed by atoms with van der Waals surface area (Å²) in [6.45, 7) is 1.64. The zero-order valence-corrected chi connectivity index (χ0v) is 8.76. The fraction of sp³-hybridized carbons (Fsp3) is 0.636. The molecule has 2 atom stereocenters. The van der Waals surface area contributed by atoms with Crippen LogP contribution in [-0.4, -0.2) is 22.6 Å². The Hall–Kier alpha value is -1.16. The normalized spacial score (nSPS) is 28.7. The highest BCUT2D eigenvalue weighted by molar-refractivity contribution is 5.35. The van der Waals surface area contributed by atoms with Crippen LogP contribution >= 0.6 is 0 Å². The highest BCUT2D eigenvalue weighted by atomic mass is 15.3. The van der Waals surface area contributed by atoms with Crippen molar-refractivity contribution in [2.24, 2.45) is 11.7 Å². The van der Waals surface area contributed by atoms with Gasteiger partial charge >= 0.3 is 0 Å². The average Bonchev–Trinajstić information content (AvgIpc) is 2.91. The molecule has 0 aromatic carbocycles. The van der Waals surface area contributed by atoms with E-state index in [9.17, 15) is 0 Å². The van der Waals surface area contributed by atoms with Crippen LogP contribution in [0.2, 0.25) is 0 Å². The summed E-state index contributed by atoms with van der Waals surface area (Å²) in [4.78, 5) is 11.2. The lowest BCUT2D eigenvalue weighted by Crippen LogP contribution is -2.33. The maximum atomic E-state index is 5.58. The first-order valence-corrected chi connectivity index (χ1v) is 5.65. The predicted molar refractivity (Wildman–Crippen MR) is 58.4 cm³/mol. The van der Waals surface area contributed by atoms with Crippen molar-refractivity contribution in [2.75, 3.05) is 11.4 Å². The molecule has 0 spiro atoms. The quantitative estimate of drug-likeness (QED) is 0.778. The minimum absolute atomic E-state index is 0.497. The number of nitrogens with two attached hydrogens (primary N) is 1. The topological polar surface area (TPSA) is 55.0 Å². The van der Waals surface area contributed by atoms with Crippen molar-refractivity contribution in [3.63, 3.8) is 0 Å². The molecule has 80 valence electrons. The molecule has 1 aromatic rings. The molecule has 15 heavy (non-hydrogen) atoms. The Balaban J connectivity index is 1.86. The van der Waals surface area contributed by atoms with Gasteiger partial charge < -0.3 is 10.6 Å². The lowest BCUT2D eigenvalue weighted by atomic mass is 10.1. The summed E-state index contributed by atoms with van der Waals surface area (Å²) in [7, 11) is 0. The molecule has 2 N–H and O–H groups in total. The Morgan fingerprint density at radius 2 is 2.40 bits per heavy atom. The van der Waals surface area contributed by atoms with Crippen LogP contribution in [0.25, 0.3) is 0 Å². The van der Waals surface area contributed by atoms with Crippen LogP contribution < -0.4 is 10.6 Å². The maximum absolute atomic E-state index is 5.58. The SMILES string of the molecule is NCc1ccnc(N2CC3CCC2C3)n1. The van der Waals surface area contributed by atoms with Gasteiger partial charge in [-0.3, -0.25) is 0 Å². The summed E-state index contributed by atoms with van der Waals surface area (Å²) in [6.07, 6.45) is 5.84. The number of nitrogens with zero attached hydrogens (tertiary/aromatic N) is 3. The second-order valence-electron chi connectivity index (χ2n) is 4.54. The maximum Gasteiger partial charge on any atom is 0.225 e. The van der Waals surface area contributed by atoms with Gasteiger partial charge in [-0.25, -0.2) is 9.97 Å². The van der Waals surface area contributed by atoms with Crippen LogP contribution in [0.3, 0.4) is 0 Å². The largest absolute Gasteiger partial charge is 0.338 e. The molecule has 4 nitrogen and oxygen atoms in total. The van der Waals surface area contributed by atoms with Crippen LogP contribution in [0.4, 0.5) is 5.95 Å². The monoisotopic (exact) mass is 204 g/mol. The van der Waals surface area contributed by atoms with Gasteiger partial charge in [0.05, 0.1) is 5.69 Å². The number of rotatable bonds is 2. The number of hydrogen-bond acceptors (Lipinski definition) is 4. The smallest absolute Gasteiger partial charge is 0.225 e. The van der Waals surface area contributed by atoms with Gasteiger partial charge in [-0.1, -0.05) is 0 Å². The summed E-state index contributed by atoms with van der Waals surface area (Å²) in [5, 5.41) is 0. The first-order valence-electron chi connectivity index (χ1n) is 5.65. The molecule has 1 aromatic heterocycles. The molecule has 2 unspecified atom stereocenters. The summed E-state index contributed by atoms with van der Waals surface area (Å²) >= 11 is 0. The number of fused-ring (bicyclic) bond motifs is 2. The van der Waals surface area contributed by atoms with Crippen molar-refractivity contribution in [3.05, 3.63) is 18.0 Å². The van der Waals surface area contributed by atoms with Crippen molar-refractivity contribution in [2.45, 2.75) is 31.8 Å². The molecule has 4 heteroatoms. The Kier molecular flexibility index (Phi) is 2.09. The van der Waals surface area contributed by atoms with E-state index in [-0.39, 0.29) is 0 Å². The van der Waals surface area contributed by atoms with E-state index < -0.39 is 0 Å². The summed E-state index contributed by atoms with van der Waals surface area (Å²) in [6, 6.07) is 2.57. The average molecular weight is 204 g/mol. The molecule has 2 aliphatic rings. The third-order valence-electron chi connectivity index (χ3n) is 3.58. The molecule has 3 rings (SSSR count). The minimum Gasteiger partial charge on any atom is -0.338 e. The fourth-order valence-electron chi connectivity index (χ4n) is 2.81. The van der Waals surface area contributed by atoms with Crippen molar-refractivity contribution in [3.8, 4) is 0 Å². The van der Waals surface area contributed by atoms with E-state index in [1.165, 1.54) is 19.3 Å². The number of hydrogen-bond donors (Lipinski definition) is 1. The minimum atomic E-state index is 0.497. The van der Waals surface area contributed by atoms with E-state index in [1.54, 1.807) is 0 Å². The number of anilines is 1. The van der Waals surface area contributed by atoms with Gasteiger partial charge in [0, 0.05) is 25.3 Å². The van der Waals surface area contributed by atoms with E-state index in [2.05, 4.69) is 14.9 Å². The van der Waals surface area contributed by atoms with Crippen molar-refractivity contribution in [1.29, 1.82) is 0 Å². The van der Waals surface area contributed by atoms with E-state index >= 15 is 0 Å². The van der Waals surface area contributed by atoms with E-state index in [0.717, 1.165) is 24.1 Å². The highest BCUT2D eigenvalue weighted by Crippen LogP contribution is 2.38. The Labute approximate surface area is 89.5 Å². The highest BCUT2D eigenvalue weighted by Gasteiger charge is 2.38. The van der Waals surface area contributed by atoms with Crippen LogP contribution in [0.5, 0.6) is 0 Å². The molecular formula is C11H16N4. The van der Waals surface area contributed by atoms with Crippen molar-refractivity contribution < 1.29 is 0 Å². The van der Waals surface area contributed by atoms with Crippen molar-refractivity contribution >= 4 is 5.95 Å². The second kappa shape index (κ2) is 3.45. The third kappa shape index (κ3) is 1.49. The second-order valence-corrected chi connectivity index (χ2v) is 4.54. The molecule has 0 radical (unpaired) electrons. The zero-order chi connectivity index (χ0) is 10.3. The Bertz CT molecular complexity index is 365. The van der Waals surface area contributed by atoms with Crippen LogP contribution in [-0.2, 0) is 6.54 Å². The molecule has 1 aliphatic carbocycles. The first kappa shape index (κ1) is 9.09. The third-order valence-corrected chi connectivity index (χ3v) is 3.58. The van der Waals surface area contributed by atoms with E-state index in [1.807, 2.05) is 12.3 Å². The van der Waals surface area contributed by atoms with Gasteiger partial charge in [-0.05, 0) is 31.2 Å². The predicted octanol–water partition coefficient (Wildman–Crippen LogP) is 0.924. The molecular weight excluding hydrogens is 188 g/mol. The fourth-order valence-corrected chi connectivity index (χ4v) is 2.81. The van der Waals surface area contributed by atoms with Crippen LogP contribution in [0.15, 0.2) is 12.3 Å². The zero-order valence-electron chi connectivity index (χ0n) is 8.76.